The van der Waals surface area contributed by atoms with Crippen molar-refractivity contribution in [2.45, 2.75) is 24.5 Å². The molecule has 3 heterocycles. The van der Waals surface area contributed by atoms with E-state index in [1.54, 1.807) is 7.05 Å². The van der Waals surface area contributed by atoms with Crippen LogP contribution in [0, 0.1) is 0 Å². The van der Waals surface area contributed by atoms with Crippen molar-refractivity contribution in [3.63, 3.8) is 0 Å². The monoisotopic (exact) mass is 391 g/mol. The van der Waals surface area contributed by atoms with Crippen LogP contribution in [0.1, 0.15) is 6.23 Å². The predicted molar refractivity (Wildman–Crippen MR) is 86.2 cm³/mol. The van der Waals surface area contributed by atoms with Gasteiger partial charge in [-0.3, -0.25) is 18.5 Å². The molecule has 0 saturated carbocycles. The minimum atomic E-state index is -4.76. The van der Waals surface area contributed by atoms with Gasteiger partial charge in [-0.05, 0) is 0 Å². The maximum atomic E-state index is 12.3. The molecule has 1 aliphatic heterocycles. The zero-order valence-electron chi connectivity index (χ0n) is 13.8. The summed E-state index contributed by atoms with van der Waals surface area (Å²) in [4.78, 5) is 38.0. The number of ether oxygens (including phenoxy) is 1. The number of nitrogens with one attached hydrogen (secondary N) is 1. The van der Waals surface area contributed by atoms with E-state index in [1.165, 1.54) is 22.5 Å². The van der Waals surface area contributed by atoms with Crippen molar-refractivity contribution in [2.75, 3.05) is 19.0 Å². The summed E-state index contributed by atoms with van der Waals surface area (Å²) in [6.07, 6.45) is -4.08. The van der Waals surface area contributed by atoms with Crippen LogP contribution in [0.15, 0.2) is 11.1 Å². The summed E-state index contributed by atoms with van der Waals surface area (Å²) in [5, 5.41) is 23.0. The van der Waals surface area contributed by atoms with Crippen LogP contribution >= 0.6 is 7.82 Å². The van der Waals surface area contributed by atoms with Crippen LogP contribution in [-0.2, 0) is 20.9 Å². The third kappa shape index (κ3) is 3.25. The average Bonchev–Trinajstić information content (AvgIpc) is 3.11. The summed E-state index contributed by atoms with van der Waals surface area (Å²) in [6, 6.07) is 0. The Bertz CT molecular complexity index is 922. The van der Waals surface area contributed by atoms with Gasteiger partial charge in [0.2, 0.25) is 5.95 Å². The minimum absolute atomic E-state index is 0.0340. The van der Waals surface area contributed by atoms with Gasteiger partial charge in [0, 0.05) is 14.1 Å². The van der Waals surface area contributed by atoms with Crippen LogP contribution in [0.4, 0.5) is 5.95 Å². The van der Waals surface area contributed by atoms with Crippen LogP contribution in [0.5, 0.6) is 0 Å². The van der Waals surface area contributed by atoms with Crippen molar-refractivity contribution in [2.24, 2.45) is 7.05 Å². The number of imidazole rings is 1. The molecule has 1 saturated heterocycles. The first-order valence-corrected chi connectivity index (χ1v) is 9.00. The molecule has 3 rings (SSSR count). The third-order valence-electron chi connectivity index (χ3n) is 4.05. The smallest absolute Gasteiger partial charge is 0.387 e. The number of hydrogen-bond donors (Lipinski definition) is 5. The molecule has 144 valence electrons. The van der Waals surface area contributed by atoms with E-state index in [1.807, 2.05) is 0 Å². The normalized spacial score (nSPS) is 26.5. The van der Waals surface area contributed by atoms with Gasteiger partial charge in [-0.15, -0.1) is 0 Å². The zero-order valence-corrected chi connectivity index (χ0v) is 14.6. The summed E-state index contributed by atoms with van der Waals surface area (Å²) in [6.45, 7) is -0.636. The molecular weight excluding hydrogens is 373 g/mol. The number of nitrogens with zero attached hydrogens (tertiary/aromatic N) is 4. The molecule has 0 unspecified atom stereocenters. The largest absolute Gasteiger partial charge is 0.469 e. The summed E-state index contributed by atoms with van der Waals surface area (Å²) < 4.78 is 23.1. The molecule has 0 amide bonds. The Morgan fingerprint density at radius 2 is 2.08 bits per heavy atom. The van der Waals surface area contributed by atoms with Crippen molar-refractivity contribution in [1.29, 1.82) is 0 Å². The van der Waals surface area contributed by atoms with E-state index < -0.39 is 44.5 Å². The van der Waals surface area contributed by atoms with Crippen LogP contribution in [0.25, 0.3) is 11.2 Å². The molecule has 2 aromatic rings. The van der Waals surface area contributed by atoms with E-state index in [0.717, 1.165) is 0 Å². The molecule has 0 bridgehead atoms. The summed E-state index contributed by atoms with van der Waals surface area (Å²) in [5.41, 5.74) is -0.274. The van der Waals surface area contributed by atoms with E-state index >= 15 is 0 Å². The first-order chi connectivity index (χ1) is 12.1. The highest BCUT2D eigenvalue weighted by Gasteiger charge is 2.45. The number of aliphatic hydroxyl groups is 2. The van der Waals surface area contributed by atoms with E-state index in [0.29, 0.717) is 0 Å². The molecule has 0 radical (unpaired) electrons. The Hall–Kier alpha value is -1.86. The van der Waals surface area contributed by atoms with Gasteiger partial charge >= 0.3 is 7.82 Å². The van der Waals surface area contributed by atoms with Gasteiger partial charge in [0.15, 0.2) is 17.4 Å². The molecule has 0 spiro atoms. The van der Waals surface area contributed by atoms with E-state index in [-0.39, 0.29) is 17.1 Å². The second-order valence-corrected chi connectivity index (χ2v) is 6.95. The summed E-state index contributed by atoms with van der Waals surface area (Å²) >= 11 is 0. The zero-order chi connectivity index (χ0) is 19.2. The Kier molecular flexibility index (Phi) is 4.88. The van der Waals surface area contributed by atoms with Crippen molar-refractivity contribution in [1.82, 2.24) is 19.1 Å². The van der Waals surface area contributed by atoms with Crippen LogP contribution in [0.3, 0.4) is 0 Å². The van der Waals surface area contributed by atoms with Crippen molar-refractivity contribution in [3.05, 3.63) is 16.7 Å². The number of phosphoric ester groups is 1. The lowest BCUT2D eigenvalue weighted by molar-refractivity contribution is -0.0504. The number of hydrogen-bond acceptors (Lipinski definition) is 9. The second kappa shape index (κ2) is 6.70. The first-order valence-electron chi connectivity index (χ1n) is 7.47. The molecule has 5 N–H and O–H groups in total. The van der Waals surface area contributed by atoms with Gasteiger partial charge in [-0.25, -0.2) is 9.55 Å². The number of anilines is 1. The maximum Gasteiger partial charge on any atom is 0.469 e. The lowest BCUT2D eigenvalue weighted by Gasteiger charge is -2.17. The number of aromatic nitrogens is 4. The van der Waals surface area contributed by atoms with Crippen LogP contribution in [-0.4, -0.2) is 71.1 Å². The van der Waals surface area contributed by atoms with Gasteiger partial charge in [0.1, 0.15) is 18.3 Å². The molecule has 4 atom stereocenters. The molecule has 1 aliphatic rings. The fourth-order valence-corrected chi connectivity index (χ4v) is 3.06. The quantitative estimate of drug-likeness (QED) is 0.352. The first kappa shape index (κ1) is 18.9. The molecule has 26 heavy (non-hydrogen) atoms. The molecule has 14 heteroatoms. The van der Waals surface area contributed by atoms with E-state index in [9.17, 15) is 19.6 Å². The van der Waals surface area contributed by atoms with Gasteiger partial charge in [0.05, 0.1) is 12.9 Å². The summed E-state index contributed by atoms with van der Waals surface area (Å²) in [5.74, 6) is 0.249. The average molecular weight is 391 g/mol. The lowest BCUT2D eigenvalue weighted by Crippen LogP contribution is -2.33. The predicted octanol–water partition coefficient (Wildman–Crippen LogP) is -2.10. The fourth-order valence-electron chi connectivity index (χ4n) is 2.72. The third-order valence-corrected chi connectivity index (χ3v) is 4.53. The van der Waals surface area contributed by atoms with Gasteiger partial charge in [-0.2, -0.15) is 4.98 Å². The van der Waals surface area contributed by atoms with E-state index in [4.69, 9.17) is 14.5 Å². The van der Waals surface area contributed by atoms with Crippen molar-refractivity contribution < 1.29 is 33.8 Å². The second-order valence-electron chi connectivity index (χ2n) is 5.71. The lowest BCUT2D eigenvalue weighted by atomic mass is 10.1. The number of phosphoric acid groups is 1. The highest BCUT2D eigenvalue weighted by molar-refractivity contribution is 7.46. The Balaban J connectivity index is 1.95. The minimum Gasteiger partial charge on any atom is -0.387 e. The van der Waals surface area contributed by atoms with Gasteiger partial charge < -0.3 is 30.1 Å². The summed E-state index contributed by atoms with van der Waals surface area (Å²) in [7, 11) is -1.67. The van der Waals surface area contributed by atoms with E-state index in [2.05, 4.69) is 19.8 Å². The molecular formula is C12H18N5O8P. The highest BCUT2D eigenvalue weighted by Crippen LogP contribution is 2.38. The molecule has 0 aliphatic carbocycles. The highest BCUT2D eigenvalue weighted by atomic mass is 31.2. The van der Waals surface area contributed by atoms with Gasteiger partial charge in [0.25, 0.3) is 5.56 Å². The number of aliphatic hydroxyl groups excluding tert-OH is 2. The Morgan fingerprint density at radius 3 is 2.69 bits per heavy atom. The van der Waals surface area contributed by atoms with Gasteiger partial charge in [-0.1, -0.05) is 0 Å². The molecule has 0 aromatic carbocycles. The Labute approximate surface area is 146 Å². The fraction of sp³-hybridized carbons (Fsp3) is 0.583. The molecule has 2 aromatic heterocycles. The van der Waals surface area contributed by atoms with Crippen molar-refractivity contribution in [3.8, 4) is 0 Å². The maximum absolute atomic E-state index is 12.3. The Morgan fingerprint density at radius 1 is 1.38 bits per heavy atom. The van der Waals surface area contributed by atoms with Crippen LogP contribution in [0.2, 0.25) is 0 Å². The molecule has 13 nitrogen and oxygen atoms in total. The number of fused-ring (bicyclic) bond motifs is 1. The van der Waals surface area contributed by atoms with Crippen molar-refractivity contribution >= 4 is 24.9 Å². The van der Waals surface area contributed by atoms with Crippen LogP contribution < -0.4 is 10.9 Å². The standard InChI is InChI=1S/C12H18N5O8P/c1-13-12-15-9-6(10(20)16(12)2)14-4-17(9)11-8(19)7(18)5(25-11)3-24-26(21,22)23/h4-5,7-8,11,18-19H,3H2,1-2H3,(H,13,15)(H2,21,22,23)/t5-,7-,8-,11-/m1/s1. The topological polar surface area (TPSA) is 181 Å². The molecule has 1 fully saturated rings. The SMILES string of the molecule is CNc1nc2c(ncn2[C@@H]2O[C@H](COP(=O)(O)O)[C@@H](O)[C@H]2O)c(=O)n1C. The number of rotatable bonds is 5.